The summed E-state index contributed by atoms with van der Waals surface area (Å²) in [5, 5.41) is 12.1. The second kappa shape index (κ2) is 7.41. The lowest BCUT2D eigenvalue weighted by molar-refractivity contribution is 0.102. The minimum absolute atomic E-state index is 0.180. The molecule has 0 spiro atoms. The summed E-state index contributed by atoms with van der Waals surface area (Å²) in [6.45, 7) is 4.00. The van der Waals surface area contributed by atoms with Crippen LogP contribution < -0.4 is 11.1 Å². The highest BCUT2D eigenvalue weighted by Gasteiger charge is 2.18. The molecule has 0 aliphatic carbocycles. The summed E-state index contributed by atoms with van der Waals surface area (Å²) in [6, 6.07) is 12.0. The molecule has 0 fully saturated rings. The number of anilines is 1. The van der Waals surface area contributed by atoms with Gasteiger partial charge in [-0.05, 0) is 61.2 Å². The van der Waals surface area contributed by atoms with Crippen molar-refractivity contribution in [2.75, 3.05) is 5.32 Å². The van der Waals surface area contributed by atoms with Gasteiger partial charge in [0, 0.05) is 5.69 Å². The van der Waals surface area contributed by atoms with E-state index in [2.05, 4.69) is 10.3 Å². The zero-order valence-corrected chi connectivity index (χ0v) is 14.7. The second-order valence-corrected chi connectivity index (χ2v) is 6.30. The van der Waals surface area contributed by atoms with Crippen LogP contribution in [0.15, 0.2) is 53.1 Å². The lowest BCUT2D eigenvalue weighted by Gasteiger charge is -2.07. The van der Waals surface area contributed by atoms with E-state index in [1.165, 1.54) is 6.26 Å². The number of carbonyl (C=O) groups is 1. The zero-order valence-electron chi connectivity index (χ0n) is 14.7. The molecule has 0 aliphatic heterocycles. The first-order chi connectivity index (χ1) is 12.4. The molecule has 6 nitrogen and oxygen atoms in total. The summed E-state index contributed by atoms with van der Waals surface area (Å²) >= 11 is 0. The topological polar surface area (TPSA) is 101 Å². The van der Waals surface area contributed by atoms with E-state index in [4.69, 9.17) is 10.2 Å². The Labute approximate surface area is 151 Å². The van der Waals surface area contributed by atoms with Gasteiger partial charge in [0.25, 0.3) is 5.91 Å². The second-order valence-electron chi connectivity index (χ2n) is 6.30. The molecule has 4 N–H and O–H groups in total. The molecule has 2 aromatic carbocycles. The van der Waals surface area contributed by atoms with Gasteiger partial charge in [0.15, 0.2) is 5.69 Å². The number of nitrogens with zero attached hydrogens (tertiary/aromatic N) is 1. The number of aryl methyl sites for hydroxylation is 2. The lowest BCUT2D eigenvalue weighted by atomic mass is 10.1. The number of nitrogens with two attached hydrogens (primary N) is 1. The molecule has 0 saturated heterocycles. The van der Waals surface area contributed by atoms with Gasteiger partial charge in [0.1, 0.15) is 12.0 Å². The third-order valence-electron chi connectivity index (χ3n) is 4.23. The van der Waals surface area contributed by atoms with Gasteiger partial charge in [-0.1, -0.05) is 18.2 Å². The average Bonchev–Trinajstić information content (AvgIpc) is 3.10. The Morgan fingerprint density at radius 1 is 1.19 bits per heavy atom. The van der Waals surface area contributed by atoms with Crippen LogP contribution in [0.1, 0.15) is 39.1 Å². The molecule has 0 radical (unpaired) electrons. The minimum Gasteiger partial charge on any atom is -0.508 e. The predicted molar refractivity (Wildman–Crippen MR) is 99.1 cm³/mol. The Balaban J connectivity index is 1.67. The van der Waals surface area contributed by atoms with Crippen molar-refractivity contribution < 1.29 is 14.3 Å². The van der Waals surface area contributed by atoms with Crippen molar-refractivity contribution >= 4 is 11.6 Å². The SMILES string of the molecule is Cc1ccc(NC(=O)c2coc(C(N)Cc3ccc(O)cc3)n2)cc1C. The molecule has 3 aromatic rings. The highest BCUT2D eigenvalue weighted by Crippen LogP contribution is 2.19. The van der Waals surface area contributed by atoms with Crippen molar-refractivity contribution in [3.8, 4) is 5.75 Å². The first-order valence-corrected chi connectivity index (χ1v) is 8.30. The maximum atomic E-state index is 12.3. The molecule has 134 valence electrons. The summed E-state index contributed by atoms with van der Waals surface area (Å²) in [4.78, 5) is 16.5. The molecular formula is C20H21N3O3. The number of phenols is 1. The first-order valence-electron chi connectivity index (χ1n) is 8.30. The third kappa shape index (κ3) is 4.10. The molecule has 3 rings (SSSR count). The number of aromatic hydroxyl groups is 1. The normalized spacial score (nSPS) is 12.0. The fourth-order valence-electron chi connectivity index (χ4n) is 2.55. The lowest BCUT2D eigenvalue weighted by Crippen LogP contribution is -2.16. The van der Waals surface area contributed by atoms with Crippen molar-refractivity contribution in [3.05, 3.63) is 77.0 Å². The van der Waals surface area contributed by atoms with Crippen LogP contribution in [0.2, 0.25) is 0 Å². The van der Waals surface area contributed by atoms with Crippen LogP contribution in [-0.2, 0) is 6.42 Å². The number of aromatic nitrogens is 1. The van der Waals surface area contributed by atoms with Crippen molar-refractivity contribution in [1.29, 1.82) is 0 Å². The van der Waals surface area contributed by atoms with Gasteiger partial charge >= 0.3 is 0 Å². The van der Waals surface area contributed by atoms with Gasteiger partial charge in [0.05, 0.1) is 6.04 Å². The van der Waals surface area contributed by atoms with E-state index in [-0.39, 0.29) is 17.4 Å². The van der Waals surface area contributed by atoms with Crippen LogP contribution >= 0.6 is 0 Å². The molecule has 1 aromatic heterocycles. The Morgan fingerprint density at radius 2 is 1.92 bits per heavy atom. The van der Waals surface area contributed by atoms with Crippen LogP contribution in [-0.4, -0.2) is 16.0 Å². The number of oxazole rings is 1. The fraction of sp³-hybridized carbons (Fsp3) is 0.200. The van der Waals surface area contributed by atoms with Crippen molar-refractivity contribution in [3.63, 3.8) is 0 Å². The van der Waals surface area contributed by atoms with E-state index >= 15 is 0 Å². The van der Waals surface area contributed by atoms with E-state index in [0.29, 0.717) is 18.0 Å². The Kier molecular flexibility index (Phi) is 5.04. The maximum absolute atomic E-state index is 12.3. The molecule has 0 bridgehead atoms. The summed E-state index contributed by atoms with van der Waals surface area (Å²) < 4.78 is 5.38. The van der Waals surface area contributed by atoms with Gasteiger partial charge in [-0.15, -0.1) is 0 Å². The highest BCUT2D eigenvalue weighted by molar-refractivity contribution is 6.02. The number of hydrogen-bond donors (Lipinski definition) is 3. The van der Waals surface area contributed by atoms with E-state index in [1.54, 1.807) is 24.3 Å². The van der Waals surface area contributed by atoms with Crippen LogP contribution in [0, 0.1) is 13.8 Å². The van der Waals surface area contributed by atoms with E-state index in [0.717, 1.165) is 16.7 Å². The number of nitrogens with one attached hydrogen (secondary N) is 1. The molecule has 1 amide bonds. The number of rotatable bonds is 5. The minimum atomic E-state index is -0.484. The summed E-state index contributed by atoms with van der Waals surface area (Å²) in [7, 11) is 0. The molecule has 26 heavy (non-hydrogen) atoms. The van der Waals surface area contributed by atoms with Gasteiger partial charge in [0.2, 0.25) is 5.89 Å². The van der Waals surface area contributed by atoms with Gasteiger partial charge in [-0.3, -0.25) is 4.79 Å². The fourth-order valence-corrected chi connectivity index (χ4v) is 2.55. The zero-order chi connectivity index (χ0) is 18.7. The maximum Gasteiger partial charge on any atom is 0.277 e. The van der Waals surface area contributed by atoms with Crippen molar-refractivity contribution in [2.24, 2.45) is 5.73 Å². The monoisotopic (exact) mass is 351 g/mol. The van der Waals surface area contributed by atoms with Crippen LogP contribution in [0.25, 0.3) is 0 Å². The Hall–Kier alpha value is -3.12. The number of phenolic OH excluding ortho intramolecular Hbond substituents is 1. The number of hydrogen-bond acceptors (Lipinski definition) is 5. The quantitative estimate of drug-likeness (QED) is 0.653. The van der Waals surface area contributed by atoms with Crippen molar-refractivity contribution in [1.82, 2.24) is 4.98 Å². The largest absolute Gasteiger partial charge is 0.508 e. The molecule has 1 heterocycles. The molecule has 0 saturated carbocycles. The van der Waals surface area contributed by atoms with E-state index in [9.17, 15) is 9.90 Å². The number of carbonyl (C=O) groups excluding carboxylic acids is 1. The average molecular weight is 351 g/mol. The highest BCUT2D eigenvalue weighted by atomic mass is 16.3. The van der Waals surface area contributed by atoms with E-state index < -0.39 is 6.04 Å². The summed E-state index contributed by atoms with van der Waals surface area (Å²) in [5.41, 5.74) is 10.2. The predicted octanol–water partition coefficient (Wildman–Crippen LogP) is 3.49. The summed E-state index contributed by atoms with van der Waals surface area (Å²) in [5.74, 6) is 0.146. The molecule has 6 heteroatoms. The van der Waals surface area contributed by atoms with Crippen LogP contribution in [0.5, 0.6) is 5.75 Å². The van der Waals surface area contributed by atoms with Crippen molar-refractivity contribution in [2.45, 2.75) is 26.3 Å². The van der Waals surface area contributed by atoms with E-state index in [1.807, 2.05) is 32.0 Å². The van der Waals surface area contributed by atoms with Crippen LogP contribution in [0.4, 0.5) is 5.69 Å². The number of benzene rings is 2. The smallest absolute Gasteiger partial charge is 0.277 e. The standard InChI is InChI=1S/C20H21N3O3/c1-12-3-6-15(9-13(12)2)22-19(25)18-11-26-20(23-18)17(21)10-14-4-7-16(24)8-5-14/h3-9,11,17,24H,10,21H2,1-2H3,(H,22,25). The third-order valence-corrected chi connectivity index (χ3v) is 4.23. The molecule has 1 unspecified atom stereocenters. The van der Waals surface area contributed by atoms with Gasteiger partial charge < -0.3 is 20.6 Å². The van der Waals surface area contributed by atoms with Gasteiger partial charge in [-0.25, -0.2) is 4.98 Å². The molecule has 1 atom stereocenters. The number of amides is 1. The Morgan fingerprint density at radius 3 is 2.62 bits per heavy atom. The molecular weight excluding hydrogens is 330 g/mol. The van der Waals surface area contributed by atoms with Gasteiger partial charge in [-0.2, -0.15) is 0 Å². The van der Waals surface area contributed by atoms with Crippen LogP contribution in [0.3, 0.4) is 0 Å². The summed E-state index contributed by atoms with van der Waals surface area (Å²) in [6.07, 6.45) is 1.79. The first kappa shape index (κ1) is 17.7. The molecule has 0 aliphatic rings. The Bertz CT molecular complexity index is 916.